The molecular formula is C82H96N18O6. The van der Waals surface area contributed by atoms with E-state index in [4.69, 9.17) is 5.73 Å². The molecule has 4 heterocycles. The molecule has 24 nitrogen and oxygen atoms in total. The van der Waals surface area contributed by atoms with Crippen LogP contribution in [-0.4, -0.2) is 130 Å². The number of nitrogen functional groups attached to an aromatic ring is 1. The molecule has 4 aromatic carbocycles. The van der Waals surface area contributed by atoms with Crippen molar-refractivity contribution in [3.63, 3.8) is 0 Å². The van der Waals surface area contributed by atoms with Crippen molar-refractivity contribution in [3.05, 3.63) is 214 Å². The Balaban J connectivity index is 0.000000120. The van der Waals surface area contributed by atoms with Gasteiger partial charge in [0.2, 0.25) is 0 Å². The summed E-state index contributed by atoms with van der Waals surface area (Å²) in [7, 11) is 1.80. The topological polar surface area (TPSA) is 331 Å². The van der Waals surface area contributed by atoms with E-state index in [2.05, 4.69) is 143 Å². The van der Waals surface area contributed by atoms with Gasteiger partial charge in [-0.25, -0.2) is 49.5 Å². The van der Waals surface area contributed by atoms with Crippen LogP contribution >= 0.6 is 0 Å². The van der Waals surface area contributed by atoms with E-state index in [9.17, 15) is 28.8 Å². The van der Waals surface area contributed by atoms with Crippen LogP contribution in [0, 0.1) is 23.7 Å². The Morgan fingerprint density at radius 1 is 0.406 bits per heavy atom. The van der Waals surface area contributed by atoms with Crippen LogP contribution in [0.2, 0.25) is 0 Å². The van der Waals surface area contributed by atoms with E-state index in [-0.39, 0.29) is 106 Å². The van der Waals surface area contributed by atoms with Crippen LogP contribution in [0.3, 0.4) is 0 Å². The van der Waals surface area contributed by atoms with Gasteiger partial charge in [0, 0.05) is 98.9 Å². The van der Waals surface area contributed by atoms with Gasteiger partial charge in [-0.1, -0.05) is 136 Å². The zero-order valence-electron chi connectivity index (χ0n) is 60.3. The first-order chi connectivity index (χ1) is 51.7. The fourth-order valence-electron chi connectivity index (χ4n) is 18.1. The highest BCUT2D eigenvalue weighted by atomic mass is 16.2. The van der Waals surface area contributed by atoms with E-state index in [1.165, 1.54) is 139 Å². The summed E-state index contributed by atoms with van der Waals surface area (Å²) in [6.45, 7) is 0.869. The monoisotopic (exact) mass is 1430 g/mol. The third-order valence-electron chi connectivity index (χ3n) is 22.8. The normalized spacial score (nSPS) is 20.6. The number of rotatable bonds is 15. The van der Waals surface area contributed by atoms with Crippen LogP contribution in [0.5, 0.6) is 0 Å². The quantitative estimate of drug-likeness (QED) is 0.0460. The highest BCUT2D eigenvalue weighted by Gasteiger charge is 2.52. The molecule has 0 radical (unpaired) electrons. The number of carbonyl (C=O) groups excluding carboxylic acids is 6. The number of hydrogen-bond acceptors (Lipinski definition) is 16. The van der Waals surface area contributed by atoms with Crippen molar-refractivity contribution in [1.29, 1.82) is 0 Å². The Hall–Kier alpha value is -10.8. The van der Waals surface area contributed by atoms with Gasteiger partial charge in [0.05, 0.1) is 0 Å². The van der Waals surface area contributed by atoms with E-state index < -0.39 is 0 Å². The van der Waals surface area contributed by atoms with Gasteiger partial charge in [-0.2, -0.15) is 0 Å². The molecule has 6 saturated carbocycles. The van der Waals surface area contributed by atoms with Gasteiger partial charge in [-0.05, 0) is 184 Å². The van der Waals surface area contributed by atoms with Crippen LogP contribution in [0.25, 0.3) is 0 Å². The lowest BCUT2D eigenvalue weighted by molar-refractivity contribution is -0.0127. The summed E-state index contributed by atoms with van der Waals surface area (Å²) in [5.74, 6) is 3.15. The highest BCUT2D eigenvalue weighted by Crippen LogP contribution is 2.55. The van der Waals surface area contributed by atoms with E-state index in [1.807, 2.05) is 36.4 Å². The van der Waals surface area contributed by atoms with Gasteiger partial charge in [0.15, 0.2) is 46.0 Å². The Kier molecular flexibility index (Phi) is 22.8. The second-order valence-corrected chi connectivity index (χ2v) is 30.4. The summed E-state index contributed by atoms with van der Waals surface area (Å²) < 4.78 is 0. The number of nitrogens with zero attached hydrogens (tertiary/aromatic N) is 9. The van der Waals surface area contributed by atoms with Gasteiger partial charge in [-0.15, -0.1) is 0 Å². The van der Waals surface area contributed by atoms with Crippen LogP contribution in [0.15, 0.2) is 147 Å². The summed E-state index contributed by atoms with van der Waals surface area (Å²) in [6, 6.07) is 33.0. The van der Waals surface area contributed by atoms with E-state index in [0.29, 0.717) is 17.4 Å². The number of anilines is 4. The lowest BCUT2D eigenvalue weighted by atomic mass is 9.53. The number of urea groups is 2. The Labute approximate surface area is 618 Å². The molecule has 24 heteroatoms. The highest BCUT2D eigenvalue weighted by molar-refractivity contribution is 6.02. The molecule has 4 bridgehead atoms. The average Bonchev–Trinajstić information content (AvgIpc) is 1.00. The molecule has 0 saturated heterocycles. The standard InChI is InChI=1S/C25H29N5O2.C21H25N5O2.C21H26N4O.C15H16N4O/c31-23(28-20-10-18-3-1-2-4-19(18)11-20)21-22(27-6-5-26-21)29-24(32)30-25-12-15-7-16(13-25)9-17(8-15)14-25;27-20(24-17-12-14-6-4-5-7-15(14)13-17)18-19(23-11-10-22-18)26-21(28)25-16-8-2-1-3-9-16;26-21(25-18-12-16-8-4-5-9-17(16)13-18)19-20(23-11-10-22-19)24-14-15-6-2-1-3-7-15;1-19(15(20)13-14(16)18-7-6-17-13)12-8-10-4-2-3-5-11(10)9-12/h1-6,15-17,20H,7-14H2,(H,28,31)(H2,27,29,30,32);4-7,10-11,16-17H,1-3,8-9,12-13H2,(H,24,27)(H2,23,25,26,28);4-5,8-11,15,18H,1-3,6-7,12-14H2,(H,23,24)(H,25,26);2-7,12H,8-9H2,1H3,(H2,16,18). The number of benzene rings is 4. The van der Waals surface area contributed by atoms with E-state index in [0.717, 1.165) is 121 Å². The second kappa shape index (κ2) is 33.5. The molecule has 550 valence electrons. The van der Waals surface area contributed by atoms with Gasteiger partial charge in [0.25, 0.3) is 23.6 Å². The maximum atomic E-state index is 13.0. The Morgan fingerprint density at radius 2 is 0.755 bits per heavy atom. The largest absolute Gasteiger partial charge is 0.382 e. The number of nitrogens with one attached hydrogen (secondary N) is 8. The molecular weight excluding hydrogens is 1330 g/mol. The molecule has 10 N–H and O–H groups in total. The Morgan fingerprint density at radius 3 is 1.17 bits per heavy atom. The summed E-state index contributed by atoms with van der Waals surface area (Å²) >= 11 is 0. The fraction of sp³-hybridized carbons (Fsp3) is 0.439. The van der Waals surface area contributed by atoms with Crippen molar-refractivity contribution < 1.29 is 28.8 Å². The summed E-state index contributed by atoms with van der Waals surface area (Å²) in [5, 5.41) is 24.4. The third kappa shape index (κ3) is 17.9. The second-order valence-electron chi connectivity index (χ2n) is 30.4. The molecule has 6 fully saturated rings. The maximum Gasteiger partial charge on any atom is 0.320 e. The average molecular weight is 1430 g/mol. The van der Waals surface area contributed by atoms with Crippen LogP contribution in [0.1, 0.15) is 189 Å². The first kappa shape index (κ1) is 72.2. The minimum Gasteiger partial charge on any atom is -0.382 e. The Bertz CT molecular complexity index is 4330. The van der Waals surface area contributed by atoms with Gasteiger partial charge >= 0.3 is 12.1 Å². The van der Waals surface area contributed by atoms with Crippen LogP contribution < -0.4 is 48.3 Å². The van der Waals surface area contributed by atoms with Crippen molar-refractivity contribution in [2.24, 2.45) is 23.7 Å². The predicted octanol–water partition coefficient (Wildman–Crippen LogP) is 11.0. The van der Waals surface area contributed by atoms with Gasteiger partial charge in [-0.3, -0.25) is 29.8 Å². The number of aromatic nitrogens is 8. The van der Waals surface area contributed by atoms with E-state index >= 15 is 0 Å². The molecule has 0 atom stereocenters. The van der Waals surface area contributed by atoms with Crippen LogP contribution in [-0.2, 0) is 51.4 Å². The molecule has 0 spiro atoms. The molecule has 8 aromatic rings. The van der Waals surface area contributed by atoms with Gasteiger partial charge < -0.3 is 42.5 Å². The number of fused-ring (bicyclic) bond motifs is 4. The first-order valence-electron chi connectivity index (χ1n) is 38.1. The van der Waals surface area contributed by atoms with Crippen molar-refractivity contribution in [1.82, 2.24) is 71.4 Å². The predicted molar refractivity (Wildman–Crippen MR) is 405 cm³/mol. The smallest absolute Gasteiger partial charge is 0.320 e. The molecule has 0 unspecified atom stereocenters. The summed E-state index contributed by atoms with van der Waals surface area (Å²) in [5.41, 5.74) is 16.9. The molecule has 4 aromatic heterocycles. The number of hydrogen-bond donors (Lipinski definition) is 9. The molecule has 18 rings (SSSR count). The molecule has 106 heavy (non-hydrogen) atoms. The lowest BCUT2D eigenvalue weighted by Crippen LogP contribution is -2.60. The van der Waals surface area contributed by atoms with Crippen molar-refractivity contribution in [2.75, 3.05) is 35.3 Å². The van der Waals surface area contributed by atoms with Gasteiger partial charge in [0.1, 0.15) is 0 Å². The summed E-state index contributed by atoms with van der Waals surface area (Å²) in [6.07, 6.45) is 38.0. The molecule has 0 aliphatic heterocycles. The fourth-order valence-corrected chi connectivity index (χ4v) is 18.1. The van der Waals surface area contributed by atoms with E-state index in [1.54, 1.807) is 24.3 Å². The van der Waals surface area contributed by atoms with Crippen LogP contribution in [0.4, 0.5) is 32.9 Å². The van der Waals surface area contributed by atoms with Crippen molar-refractivity contribution >= 4 is 59.0 Å². The first-order valence-corrected chi connectivity index (χ1v) is 38.1. The number of nitrogens with two attached hydrogens (primary N) is 1. The zero-order chi connectivity index (χ0) is 72.9. The SMILES string of the molecule is CN(C(=O)c1nccnc1N)C1Cc2ccccc2C1.O=C(NC1Cc2ccccc2C1)c1nccnc1NCC1CCCCC1.O=C(Nc1nccnc1C(=O)NC1Cc2ccccc2C1)NC12CC3CC(CC(C3)C1)C2.O=C(Nc1nccnc1C(=O)NC1Cc2ccccc2C1)NC1CCCCC1. The molecule has 10 aliphatic rings. The van der Waals surface area contributed by atoms with Crippen molar-refractivity contribution in [3.8, 4) is 0 Å². The molecule has 10 aliphatic carbocycles. The zero-order valence-corrected chi connectivity index (χ0v) is 60.3. The number of amides is 8. The molecule has 8 amide bonds. The number of likely N-dealkylation sites (N-methyl/N-ethyl adjacent to an activating group) is 1. The maximum absolute atomic E-state index is 13.0. The third-order valence-corrected chi connectivity index (χ3v) is 22.8. The minimum atomic E-state index is -0.338. The summed E-state index contributed by atoms with van der Waals surface area (Å²) in [4.78, 5) is 111. The van der Waals surface area contributed by atoms with Crippen molar-refractivity contribution in [2.45, 2.75) is 190 Å². The lowest BCUT2D eigenvalue weighted by Gasteiger charge is -2.56. The number of carbonyl (C=O) groups is 6. The minimum absolute atomic E-state index is 0.0237.